The quantitative estimate of drug-likeness (QED) is 0.867. The average molecular weight is 307 g/mol. The van der Waals surface area contributed by atoms with E-state index in [1.165, 1.54) is 18.6 Å². The Hall–Kier alpha value is -1.96. The number of hydrogen-bond acceptors (Lipinski definition) is 6. The highest BCUT2D eigenvalue weighted by molar-refractivity contribution is 5.43. The molecule has 3 heterocycles. The Bertz CT molecular complexity index is 658. The molecular formula is C14H15F2N5O. The normalized spacial score (nSPS) is 25.3. The van der Waals surface area contributed by atoms with Crippen LogP contribution < -0.4 is 0 Å². The van der Waals surface area contributed by atoms with Crippen molar-refractivity contribution in [2.24, 2.45) is 0 Å². The number of nitrogens with zero attached hydrogens (tertiary/aromatic N) is 5. The monoisotopic (exact) mass is 307 g/mol. The summed E-state index contributed by atoms with van der Waals surface area (Å²) in [7, 11) is 0. The molecule has 2 aromatic rings. The molecule has 2 fully saturated rings. The van der Waals surface area contributed by atoms with E-state index >= 15 is 0 Å². The van der Waals surface area contributed by atoms with Crippen molar-refractivity contribution in [2.75, 3.05) is 6.54 Å². The van der Waals surface area contributed by atoms with Gasteiger partial charge in [-0.05, 0) is 12.8 Å². The van der Waals surface area contributed by atoms with E-state index in [4.69, 9.17) is 4.42 Å². The van der Waals surface area contributed by atoms with Crippen molar-refractivity contribution in [3.8, 4) is 11.6 Å². The summed E-state index contributed by atoms with van der Waals surface area (Å²) in [5.41, 5.74) is 0.446. The van der Waals surface area contributed by atoms with Crippen LogP contribution in [-0.4, -0.2) is 43.6 Å². The molecule has 8 heteroatoms. The molecule has 0 N–H and O–H groups in total. The third kappa shape index (κ3) is 2.37. The van der Waals surface area contributed by atoms with Gasteiger partial charge in [-0.25, -0.2) is 13.8 Å². The van der Waals surface area contributed by atoms with Gasteiger partial charge in [0.25, 0.3) is 11.8 Å². The second-order valence-electron chi connectivity index (χ2n) is 5.87. The van der Waals surface area contributed by atoms with Gasteiger partial charge in [0, 0.05) is 24.9 Å². The van der Waals surface area contributed by atoms with Crippen LogP contribution in [0.25, 0.3) is 11.6 Å². The predicted molar refractivity (Wildman–Crippen MR) is 72.0 cm³/mol. The lowest BCUT2D eigenvalue weighted by Gasteiger charge is -2.37. The van der Waals surface area contributed by atoms with Gasteiger partial charge < -0.3 is 4.42 Å². The molecule has 116 valence electrons. The SMILES string of the molecule is FC1(F)C[C@@H](c2nnc(-c3cnccn3)o2)N(C2CCC2)C1. The van der Waals surface area contributed by atoms with Crippen molar-refractivity contribution in [1.82, 2.24) is 25.1 Å². The maximum Gasteiger partial charge on any atom is 0.267 e. The molecule has 1 saturated carbocycles. The lowest BCUT2D eigenvalue weighted by Crippen LogP contribution is -2.41. The second kappa shape index (κ2) is 5.05. The van der Waals surface area contributed by atoms with Gasteiger partial charge in [0.1, 0.15) is 5.69 Å². The standard InChI is InChI=1S/C14H15F2N5O/c15-14(16)6-11(21(8-14)9-2-1-3-9)13-20-19-12(22-13)10-7-17-4-5-18-10/h4-5,7,9,11H,1-3,6,8H2/t11-/m0/s1. The summed E-state index contributed by atoms with van der Waals surface area (Å²) in [6.45, 7) is -0.231. The molecule has 0 unspecified atom stereocenters. The third-order valence-electron chi connectivity index (χ3n) is 4.36. The average Bonchev–Trinajstić information content (AvgIpc) is 3.03. The zero-order valence-electron chi connectivity index (χ0n) is 11.8. The fourth-order valence-corrected chi connectivity index (χ4v) is 3.06. The highest BCUT2D eigenvalue weighted by atomic mass is 19.3. The van der Waals surface area contributed by atoms with Gasteiger partial charge in [-0.3, -0.25) is 9.88 Å². The van der Waals surface area contributed by atoms with Crippen LogP contribution in [0.5, 0.6) is 0 Å². The van der Waals surface area contributed by atoms with Gasteiger partial charge >= 0.3 is 0 Å². The molecule has 1 aliphatic carbocycles. The van der Waals surface area contributed by atoms with E-state index in [0.29, 0.717) is 5.69 Å². The van der Waals surface area contributed by atoms with Crippen molar-refractivity contribution >= 4 is 0 Å². The summed E-state index contributed by atoms with van der Waals surface area (Å²) < 4.78 is 33.3. The van der Waals surface area contributed by atoms with Crippen LogP contribution in [0.2, 0.25) is 0 Å². The number of rotatable bonds is 3. The molecule has 0 amide bonds. The predicted octanol–water partition coefficient (Wildman–Crippen LogP) is 2.46. The van der Waals surface area contributed by atoms with Crippen LogP contribution in [0.3, 0.4) is 0 Å². The Morgan fingerprint density at radius 2 is 2.09 bits per heavy atom. The molecule has 0 spiro atoms. The van der Waals surface area contributed by atoms with Gasteiger partial charge in [-0.1, -0.05) is 6.42 Å². The fourth-order valence-electron chi connectivity index (χ4n) is 3.06. The van der Waals surface area contributed by atoms with Crippen LogP contribution in [0.1, 0.15) is 37.6 Å². The highest BCUT2D eigenvalue weighted by Crippen LogP contribution is 2.45. The minimum atomic E-state index is -2.71. The van der Waals surface area contributed by atoms with Crippen LogP contribution in [0.15, 0.2) is 23.0 Å². The minimum absolute atomic E-state index is 0.199. The summed E-state index contributed by atoms with van der Waals surface area (Å²) in [5.74, 6) is -2.25. The Balaban J connectivity index is 1.61. The molecule has 1 aliphatic heterocycles. The first kappa shape index (κ1) is 13.7. The Morgan fingerprint density at radius 1 is 1.23 bits per heavy atom. The molecule has 0 bridgehead atoms. The molecule has 2 aromatic heterocycles. The van der Waals surface area contributed by atoms with E-state index in [1.807, 2.05) is 4.90 Å². The fraction of sp³-hybridized carbons (Fsp3) is 0.571. The van der Waals surface area contributed by atoms with Crippen LogP contribution in [0, 0.1) is 0 Å². The van der Waals surface area contributed by atoms with Gasteiger partial charge in [0.15, 0.2) is 0 Å². The van der Waals surface area contributed by atoms with Crippen molar-refractivity contribution in [3.05, 3.63) is 24.5 Å². The first-order chi connectivity index (χ1) is 10.6. The lowest BCUT2D eigenvalue weighted by molar-refractivity contribution is 0.00218. The van der Waals surface area contributed by atoms with E-state index in [-0.39, 0.29) is 30.8 Å². The zero-order chi connectivity index (χ0) is 15.2. The minimum Gasteiger partial charge on any atom is -0.417 e. The highest BCUT2D eigenvalue weighted by Gasteiger charge is 2.50. The summed E-state index contributed by atoms with van der Waals surface area (Å²) >= 11 is 0. The number of halogens is 2. The Kier molecular flexibility index (Phi) is 3.14. The summed E-state index contributed by atoms with van der Waals surface area (Å²) in [4.78, 5) is 9.83. The van der Waals surface area contributed by atoms with Crippen LogP contribution in [-0.2, 0) is 0 Å². The van der Waals surface area contributed by atoms with Crippen molar-refractivity contribution in [3.63, 3.8) is 0 Å². The number of alkyl halides is 2. The zero-order valence-corrected chi connectivity index (χ0v) is 11.8. The van der Waals surface area contributed by atoms with Gasteiger partial charge in [-0.2, -0.15) is 0 Å². The molecule has 1 atom stereocenters. The molecule has 4 rings (SSSR count). The van der Waals surface area contributed by atoms with Gasteiger partial charge in [-0.15, -0.1) is 10.2 Å². The topological polar surface area (TPSA) is 67.9 Å². The molecule has 0 aromatic carbocycles. The molecule has 2 aliphatic rings. The van der Waals surface area contributed by atoms with Crippen LogP contribution >= 0.6 is 0 Å². The molecule has 22 heavy (non-hydrogen) atoms. The second-order valence-corrected chi connectivity index (χ2v) is 5.87. The first-order valence-corrected chi connectivity index (χ1v) is 7.36. The summed E-state index contributed by atoms with van der Waals surface area (Å²) in [6.07, 6.45) is 7.29. The van der Waals surface area contributed by atoms with Gasteiger partial charge in [0.05, 0.1) is 18.8 Å². The summed E-state index contributed by atoms with van der Waals surface area (Å²) in [5, 5.41) is 7.90. The summed E-state index contributed by atoms with van der Waals surface area (Å²) in [6, 6.07) is -0.316. The maximum absolute atomic E-state index is 13.8. The number of likely N-dealkylation sites (tertiary alicyclic amines) is 1. The van der Waals surface area contributed by atoms with E-state index in [2.05, 4.69) is 20.2 Å². The van der Waals surface area contributed by atoms with E-state index in [9.17, 15) is 8.78 Å². The van der Waals surface area contributed by atoms with Crippen molar-refractivity contribution in [1.29, 1.82) is 0 Å². The third-order valence-corrected chi connectivity index (χ3v) is 4.36. The molecule has 6 nitrogen and oxygen atoms in total. The van der Waals surface area contributed by atoms with E-state index < -0.39 is 12.0 Å². The number of hydrogen-bond donors (Lipinski definition) is 0. The van der Waals surface area contributed by atoms with Crippen LogP contribution in [0.4, 0.5) is 8.78 Å². The van der Waals surface area contributed by atoms with E-state index in [1.54, 1.807) is 0 Å². The van der Waals surface area contributed by atoms with Crippen molar-refractivity contribution in [2.45, 2.75) is 43.7 Å². The molecular weight excluding hydrogens is 292 g/mol. The van der Waals surface area contributed by atoms with E-state index in [0.717, 1.165) is 19.3 Å². The first-order valence-electron chi connectivity index (χ1n) is 7.36. The van der Waals surface area contributed by atoms with Crippen molar-refractivity contribution < 1.29 is 13.2 Å². The molecule has 0 radical (unpaired) electrons. The smallest absolute Gasteiger partial charge is 0.267 e. The largest absolute Gasteiger partial charge is 0.417 e. The van der Waals surface area contributed by atoms with Gasteiger partial charge in [0.2, 0.25) is 5.89 Å². The lowest BCUT2D eigenvalue weighted by atomic mass is 9.91. The number of aromatic nitrogens is 4. The maximum atomic E-state index is 13.8. The molecule has 1 saturated heterocycles. The Morgan fingerprint density at radius 3 is 2.77 bits per heavy atom. The Labute approximate surface area is 125 Å².